The lowest BCUT2D eigenvalue weighted by atomic mass is 9.84. The third-order valence-corrected chi connectivity index (χ3v) is 5.89. The van der Waals surface area contributed by atoms with E-state index in [1.165, 1.54) is 13.2 Å². The molecule has 0 aliphatic heterocycles. The van der Waals surface area contributed by atoms with Gasteiger partial charge < -0.3 is 20.9 Å². The van der Waals surface area contributed by atoms with Crippen LogP contribution in [0.1, 0.15) is 97.6 Å². The van der Waals surface area contributed by atoms with Gasteiger partial charge in [-0.1, -0.05) is 59.1 Å². The topological polar surface area (TPSA) is 119 Å². The molecule has 34 heavy (non-hydrogen) atoms. The predicted molar refractivity (Wildman–Crippen MR) is 134 cm³/mol. The normalized spacial score (nSPS) is 12.1. The van der Waals surface area contributed by atoms with E-state index in [2.05, 4.69) is 12.2 Å². The molecule has 7 nitrogen and oxygen atoms in total. The van der Waals surface area contributed by atoms with Crippen molar-refractivity contribution in [2.24, 2.45) is 5.73 Å². The molecule has 4 N–H and O–H groups in total. The van der Waals surface area contributed by atoms with Gasteiger partial charge in [0, 0.05) is 17.7 Å². The molecule has 0 aromatic heterocycles. The number of carbonyl (C=O) groups excluding carboxylic acids is 2. The minimum Gasteiger partial charge on any atom is -0.496 e. The predicted octanol–water partition coefficient (Wildman–Crippen LogP) is 5.48. The number of benzene rings is 2. The Morgan fingerprint density at radius 2 is 1.74 bits per heavy atom. The van der Waals surface area contributed by atoms with Crippen molar-refractivity contribution < 1.29 is 24.2 Å². The van der Waals surface area contributed by atoms with E-state index in [0.717, 1.165) is 36.8 Å². The summed E-state index contributed by atoms with van der Waals surface area (Å²) in [7, 11) is 1.50. The fraction of sp³-hybridized carbons (Fsp3) is 0.444. The van der Waals surface area contributed by atoms with Crippen LogP contribution < -0.4 is 15.8 Å². The average Bonchev–Trinajstić information content (AvgIpc) is 2.77. The van der Waals surface area contributed by atoms with Gasteiger partial charge in [0.15, 0.2) is 0 Å². The number of rotatable bonds is 11. The van der Waals surface area contributed by atoms with E-state index in [1.807, 2.05) is 26.8 Å². The number of hydrogen-bond donors (Lipinski definition) is 3. The molecule has 184 valence electrons. The average molecular weight is 469 g/mol. The van der Waals surface area contributed by atoms with Crippen molar-refractivity contribution in [2.45, 2.75) is 71.1 Å². The van der Waals surface area contributed by atoms with E-state index in [9.17, 15) is 19.5 Å². The highest BCUT2D eigenvalue weighted by Gasteiger charge is 2.24. The van der Waals surface area contributed by atoms with Crippen molar-refractivity contribution in [3.05, 3.63) is 58.7 Å². The molecule has 1 unspecified atom stereocenters. The second-order valence-electron chi connectivity index (χ2n) is 9.58. The number of hydrogen-bond acceptors (Lipinski definition) is 4. The summed E-state index contributed by atoms with van der Waals surface area (Å²) in [5.41, 5.74) is 7.93. The number of unbranched alkanes of at least 4 members (excludes halogenated alkanes) is 2. The third-order valence-electron chi connectivity index (χ3n) is 5.89. The number of primary amides is 1. The van der Waals surface area contributed by atoms with Crippen LogP contribution in [-0.2, 0) is 10.2 Å². The standard InChI is InChI=1S/C27H36N2O5/c1-6-7-8-9-17(20-12-10-19(26(32)33)15-23(20)34-5)16-24(30)29-22-14-18(25(28)31)11-13-21(22)27(2,3)4/h10-15,17H,6-9,16H2,1-5H3,(H2,28,31)(H,29,30)(H,32,33). The van der Waals surface area contributed by atoms with Crippen molar-refractivity contribution in [3.8, 4) is 5.75 Å². The summed E-state index contributed by atoms with van der Waals surface area (Å²) >= 11 is 0. The summed E-state index contributed by atoms with van der Waals surface area (Å²) in [6, 6.07) is 9.88. The molecule has 0 heterocycles. The number of anilines is 1. The molecule has 0 bridgehead atoms. The zero-order valence-corrected chi connectivity index (χ0v) is 20.7. The maximum atomic E-state index is 13.2. The van der Waals surface area contributed by atoms with E-state index in [1.54, 1.807) is 24.3 Å². The highest BCUT2D eigenvalue weighted by molar-refractivity contribution is 5.97. The van der Waals surface area contributed by atoms with Gasteiger partial charge in [-0.25, -0.2) is 4.79 Å². The fourth-order valence-electron chi connectivity index (χ4n) is 4.07. The summed E-state index contributed by atoms with van der Waals surface area (Å²) in [6.45, 7) is 8.21. The minimum atomic E-state index is -1.03. The number of methoxy groups -OCH3 is 1. The SMILES string of the molecule is CCCCCC(CC(=O)Nc1cc(C(N)=O)ccc1C(C)(C)C)c1ccc(C(=O)O)cc1OC. The molecule has 0 saturated carbocycles. The lowest BCUT2D eigenvalue weighted by molar-refractivity contribution is -0.116. The quantitative estimate of drug-likeness (QED) is 0.377. The zero-order chi connectivity index (χ0) is 25.5. The summed E-state index contributed by atoms with van der Waals surface area (Å²) in [5, 5.41) is 12.3. The number of nitrogens with two attached hydrogens (primary N) is 1. The van der Waals surface area contributed by atoms with Gasteiger partial charge in [-0.15, -0.1) is 0 Å². The van der Waals surface area contributed by atoms with Crippen molar-refractivity contribution >= 4 is 23.5 Å². The Labute approximate surface area is 201 Å². The fourth-order valence-corrected chi connectivity index (χ4v) is 4.07. The van der Waals surface area contributed by atoms with Crippen molar-refractivity contribution in [2.75, 3.05) is 12.4 Å². The van der Waals surface area contributed by atoms with Crippen LogP contribution in [0.25, 0.3) is 0 Å². The first-order chi connectivity index (χ1) is 16.0. The van der Waals surface area contributed by atoms with Crippen LogP contribution >= 0.6 is 0 Å². The molecule has 0 radical (unpaired) electrons. The van der Waals surface area contributed by atoms with Crippen molar-refractivity contribution in [1.82, 2.24) is 0 Å². The Morgan fingerprint density at radius 3 is 2.29 bits per heavy atom. The third kappa shape index (κ3) is 7.07. The summed E-state index contributed by atoms with van der Waals surface area (Å²) in [4.78, 5) is 36.3. The van der Waals surface area contributed by atoms with Gasteiger partial charge in [0.2, 0.25) is 11.8 Å². The first-order valence-corrected chi connectivity index (χ1v) is 11.6. The van der Waals surface area contributed by atoms with E-state index >= 15 is 0 Å². The van der Waals surface area contributed by atoms with Crippen LogP contribution in [0, 0.1) is 0 Å². The second-order valence-corrected chi connectivity index (χ2v) is 9.58. The molecule has 1 atom stereocenters. The summed E-state index contributed by atoms with van der Waals surface area (Å²) in [5.74, 6) is -1.48. The van der Waals surface area contributed by atoms with Gasteiger partial charge in [0.1, 0.15) is 5.75 Å². The van der Waals surface area contributed by atoms with Crippen LogP contribution in [-0.4, -0.2) is 30.0 Å². The van der Waals surface area contributed by atoms with E-state index < -0.39 is 11.9 Å². The van der Waals surface area contributed by atoms with Crippen LogP contribution in [0.4, 0.5) is 5.69 Å². The highest BCUT2D eigenvalue weighted by atomic mass is 16.5. The molecule has 2 aromatic carbocycles. The number of aromatic carboxylic acids is 1. The molecule has 7 heteroatoms. The lowest BCUT2D eigenvalue weighted by Crippen LogP contribution is -2.22. The van der Waals surface area contributed by atoms with Crippen LogP contribution in [0.2, 0.25) is 0 Å². The number of carboxylic acids is 1. The van der Waals surface area contributed by atoms with Crippen molar-refractivity contribution in [3.63, 3.8) is 0 Å². The van der Waals surface area contributed by atoms with Gasteiger partial charge in [0.25, 0.3) is 0 Å². The first-order valence-electron chi connectivity index (χ1n) is 11.6. The van der Waals surface area contributed by atoms with Gasteiger partial charge in [-0.2, -0.15) is 0 Å². The number of carbonyl (C=O) groups is 3. The van der Waals surface area contributed by atoms with Crippen LogP contribution in [0.3, 0.4) is 0 Å². The summed E-state index contributed by atoms with van der Waals surface area (Å²) < 4.78 is 5.48. The molecule has 2 amide bonds. The van der Waals surface area contributed by atoms with Crippen LogP contribution in [0.5, 0.6) is 5.75 Å². The molecular weight excluding hydrogens is 432 g/mol. The van der Waals surface area contributed by atoms with Crippen molar-refractivity contribution in [1.29, 1.82) is 0 Å². The lowest BCUT2D eigenvalue weighted by Gasteiger charge is -2.25. The summed E-state index contributed by atoms with van der Waals surface area (Å²) in [6.07, 6.45) is 3.96. The Morgan fingerprint density at radius 1 is 1.06 bits per heavy atom. The van der Waals surface area contributed by atoms with Gasteiger partial charge >= 0.3 is 5.97 Å². The largest absolute Gasteiger partial charge is 0.496 e. The van der Waals surface area contributed by atoms with Gasteiger partial charge in [-0.05, 0) is 53.1 Å². The van der Waals surface area contributed by atoms with E-state index in [4.69, 9.17) is 10.5 Å². The molecule has 0 spiro atoms. The Balaban J connectivity index is 2.36. The maximum Gasteiger partial charge on any atom is 0.335 e. The smallest absolute Gasteiger partial charge is 0.335 e. The maximum absolute atomic E-state index is 13.2. The number of nitrogens with one attached hydrogen (secondary N) is 1. The molecule has 0 fully saturated rings. The minimum absolute atomic E-state index is 0.135. The number of carboxylic acid groups (broad SMARTS) is 1. The molecular formula is C27H36N2O5. The zero-order valence-electron chi connectivity index (χ0n) is 20.7. The van der Waals surface area contributed by atoms with E-state index in [-0.39, 0.29) is 29.2 Å². The molecule has 2 aromatic rings. The van der Waals surface area contributed by atoms with Gasteiger partial charge in [-0.3, -0.25) is 9.59 Å². The second kappa shape index (κ2) is 11.7. The number of amides is 2. The molecule has 0 saturated heterocycles. The Bertz CT molecular complexity index is 1040. The highest BCUT2D eigenvalue weighted by Crippen LogP contribution is 2.35. The Kier molecular flexibility index (Phi) is 9.24. The van der Waals surface area contributed by atoms with Crippen LogP contribution in [0.15, 0.2) is 36.4 Å². The monoisotopic (exact) mass is 468 g/mol. The molecule has 0 aliphatic carbocycles. The molecule has 0 aliphatic rings. The first kappa shape index (κ1) is 26.9. The number of ether oxygens (including phenoxy) is 1. The van der Waals surface area contributed by atoms with Gasteiger partial charge in [0.05, 0.1) is 12.7 Å². The van der Waals surface area contributed by atoms with E-state index in [0.29, 0.717) is 17.0 Å². The molecule has 2 rings (SSSR count). The Hall–Kier alpha value is -3.35.